The third-order valence-corrected chi connectivity index (χ3v) is 5.60. The minimum absolute atomic E-state index is 0.0345. The van der Waals surface area contributed by atoms with Crippen LogP contribution in [-0.2, 0) is 11.2 Å². The molecule has 0 atom stereocenters. The summed E-state index contributed by atoms with van der Waals surface area (Å²) in [6.07, 6.45) is 1.14. The Morgan fingerprint density at radius 3 is 2.28 bits per heavy atom. The predicted molar refractivity (Wildman–Crippen MR) is 117 cm³/mol. The van der Waals surface area contributed by atoms with Gasteiger partial charge in [0.1, 0.15) is 11.5 Å². The third kappa shape index (κ3) is 3.33. The van der Waals surface area contributed by atoms with Crippen molar-refractivity contribution >= 4 is 34.9 Å². The molecule has 3 aromatic rings. The molecule has 3 aromatic carbocycles. The Balaban J connectivity index is 1.41. The van der Waals surface area contributed by atoms with Crippen molar-refractivity contribution in [3.05, 3.63) is 82.9 Å². The molecule has 7 heteroatoms. The first-order valence-corrected chi connectivity index (χ1v) is 10.2. The smallest absolute Gasteiger partial charge is 0.266 e. The molecule has 32 heavy (non-hydrogen) atoms. The molecule has 0 radical (unpaired) electrons. The Morgan fingerprint density at radius 1 is 0.844 bits per heavy atom. The molecule has 2 aliphatic heterocycles. The molecule has 158 valence electrons. The molecule has 2 heterocycles. The number of carbonyl (C=O) groups is 4. The van der Waals surface area contributed by atoms with Crippen molar-refractivity contribution < 1.29 is 23.9 Å². The second-order valence-corrected chi connectivity index (χ2v) is 7.73. The molecule has 1 N–H and O–H groups in total. The molecule has 7 nitrogen and oxygen atoms in total. The predicted octanol–water partition coefficient (Wildman–Crippen LogP) is 4.37. The second kappa shape index (κ2) is 7.46. The summed E-state index contributed by atoms with van der Waals surface area (Å²) in [7, 11) is 0. The number of imide groups is 1. The van der Waals surface area contributed by atoms with Crippen LogP contribution in [0.15, 0.2) is 60.7 Å². The number of hydrogen-bond acceptors (Lipinski definition) is 5. The molecule has 0 fully saturated rings. The maximum absolute atomic E-state index is 13.0. The first kappa shape index (κ1) is 19.7. The maximum Gasteiger partial charge on any atom is 0.266 e. The number of fused-ring (bicyclic) bond motifs is 2. The number of nitrogens with one attached hydrogen (secondary N) is 1. The lowest BCUT2D eigenvalue weighted by Crippen LogP contribution is -2.29. The van der Waals surface area contributed by atoms with E-state index in [-0.39, 0.29) is 22.8 Å². The molecular weight excluding hydrogens is 408 g/mol. The van der Waals surface area contributed by atoms with E-state index in [1.165, 1.54) is 13.0 Å². The van der Waals surface area contributed by atoms with E-state index in [1.54, 1.807) is 48.5 Å². The molecule has 3 amide bonds. The molecule has 2 aliphatic rings. The SMILES string of the molecule is CC(=O)c1ccc(N2C(=O)c3ccc(Oc4ccc5c(c4)NC(=O)CC5)cc3C2=O)cc1. The lowest BCUT2D eigenvalue weighted by Gasteiger charge is -2.17. The van der Waals surface area contributed by atoms with Gasteiger partial charge in [0.15, 0.2) is 5.78 Å². The number of ether oxygens (including phenoxy) is 1. The number of Topliss-reactive ketones (excluding diaryl/α,β-unsaturated/α-hetero) is 1. The summed E-state index contributed by atoms with van der Waals surface area (Å²) >= 11 is 0. The van der Waals surface area contributed by atoms with E-state index in [9.17, 15) is 19.2 Å². The fourth-order valence-electron chi connectivity index (χ4n) is 3.91. The van der Waals surface area contributed by atoms with Crippen LogP contribution < -0.4 is 15.0 Å². The minimum Gasteiger partial charge on any atom is -0.457 e. The number of hydrogen-bond donors (Lipinski definition) is 1. The summed E-state index contributed by atoms with van der Waals surface area (Å²) in [5.74, 6) is -0.0948. The molecular formula is C25H18N2O5. The van der Waals surface area contributed by atoms with Gasteiger partial charge in [-0.15, -0.1) is 0 Å². The Kier molecular flexibility index (Phi) is 4.59. The van der Waals surface area contributed by atoms with E-state index in [1.807, 2.05) is 6.07 Å². The van der Waals surface area contributed by atoms with Gasteiger partial charge in [-0.1, -0.05) is 6.07 Å². The van der Waals surface area contributed by atoms with E-state index < -0.39 is 11.8 Å². The number of nitrogens with zero attached hydrogens (tertiary/aromatic N) is 1. The molecule has 0 aliphatic carbocycles. The van der Waals surface area contributed by atoms with Crippen LogP contribution in [0.25, 0.3) is 0 Å². The van der Waals surface area contributed by atoms with Crippen molar-refractivity contribution in [1.29, 1.82) is 0 Å². The first-order chi connectivity index (χ1) is 15.4. The number of anilines is 2. The molecule has 0 spiro atoms. The van der Waals surface area contributed by atoms with E-state index >= 15 is 0 Å². The average molecular weight is 426 g/mol. The van der Waals surface area contributed by atoms with Gasteiger partial charge >= 0.3 is 0 Å². The molecule has 0 aromatic heterocycles. The van der Waals surface area contributed by atoms with Gasteiger partial charge < -0.3 is 10.1 Å². The normalized spacial score (nSPS) is 14.7. The highest BCUT2D eigenvalue weighted by molar-refractivity contribution is 6.34. The van der Waals surface area contributed by atoms with Gasteiger partial charge in [0.2, 0.25) is 5.91 Å². The van der Waals surface area contributed by atoms with Crippen molar-refractivity contribution in [2.75, 3.05) is 10.2 Å². The van der Waals surface area contributed by atoms with Crippen LogP contribution in [0.4, 0.5) is 11.4 Å². The van der Waals surface area contributed by atoms with Crippen molar-refractivity contribution in [3.63, 3.8) is 0 Å². The van der Waals surface area contributed by atoms with Gasteiger partial charge in [-0.05, 0) is 67.4 Å². The topological polar surface area (TPSA) is 92.8 Å². The molecule has 0 unspecified atom stereocenters. The monoisotopic (exact) mass is 426 g/mol. The van der Waals surface area contributed by atoms with E-state index in [0.717, 1.165) is 10.5 Å². The van der Waals surface area contributed by atoms with Gasteiger partial charge in [0, 0.05) is 23.7 Å². The standard InChI is InChI=1S/C25H18N2O5/c1-14(28)15-2-6-17(7-3-15)27-24(30)20-10-9-18(12-21(20)25(27)31)32-19-8-4-16-5-11-23(29)26-22(16)13-19/h2-4,6-10,12-13H,5,11H2,1H3,(H,26,29). The zero-order valence-corrected chi connectivity index (χ0v) is 17.2. The lowest BCUT2D eigenvalue weighted by atomic mass is 10.0. The van der Waals surface area contributed by atoms with Gasteiger partial charge in [0.25, 0.3) is 11.8 Å². The average Bonchev–Trinajstić information content (AvgIpc) is 3.03. The fraction of sp³-hybridized carbons (Fsp3) is 0.120. The van der Waals surface area contributed by atoms with Crippen molar-refractivity contribution in [3.8, 4) is 11.5 Å². The summed E-state index contributed by atoms with van der Waals surface area (Å²) in [5.41, 5.74) is 3.19. The third-order valence-electron chi connectivity index (χ3n) is 5.60. The van der Waals surface area contributed by atoms with Crippen LogP contribution in [0.3, 0.4) is 0 Å². The Bertz CT molecular complexity index is 1310. The summed E-state index contributed by atoms with van der Waals surface area (Å²) in [4.78, 5) is 50.1. The minimum atomic E-state index is -0.455. The van der Waals surface area contributed by atoms with E-state index in [2.05, 4.69) is 5.32 Å². The molecule has 0 bridgehead atoms. The maximum atomic E-state index is 13.0. The Labute approximate surface area is 183 Å². The first-order valence-electron chi connectivity index (χ1n) is 10.2. The van der Waals surface area contributed by atoms with Crippen LogP contribution in [0.1, 0.15) is 50.0 Å². The van der Waals surface area contributed by atoms with Gasteiger partial charge in [-0.3, -0.25) is 19.2 Å². The highest BCUT2D eigenvalue weighted by Gasteiger charge is 2.37. The number of aryl methyl sites for hydroxylation is 1. The molecule has 5 rings (SSSR count). The number of benzene rings is 3. The number of rotatable bonds is 4. The Hall–Kier alpha value is -4.26. The lowest BCUT2D eigenvalue weighted by molar-refractivity contribution is -0.116. The van der Waals surface area contributed by atoms with Crippen molar-refractivity contribution in [1.82, 2.24) is 0 Å². The summed E-state index contributed by atoms with van der Waals surface area (Å²) in [6, 6.07) is 16.5. The van der Waals surface area contributed by atoms with Crippen molar-refractivity contribution in [2.45, 2.75) is 19.8 Å². The van der Waals surface area contributed by atoms with Gasteiger partial charge in [-0.2, -0.15) is 0 Å². The quantitative estimate of drug-likeness (QED) is 0.494. The zero-order chi connectivity index (χ0) is 22.4. The highest BCUT2D eigenvalue weighted by atomic mass is 16.5. The number of ketones is 1. The largest absolute Gasteiger partial charge is 0.457 e. The fourth-order valence-corrected chi connectivity index (χ4v) is 3.91. The van der Waals surface area contributed by atoms with Gasteiger partial charge in [0.05, 0.1) is 16.8 Å². The van der Waals surface area contributed by atoms with Gasteiger partial charge in [-0.25, -0.2) is 4.90 Å². The second-order valence-electron chi connectivity index (χ2n) is 7.73. The number of carbonyl (C=O) groups excluding carboxylic acids is 4. The molecule has 0 saturated heterocycles. The van der Waals surface area contributed by atoms with Crippen LogP contribution in [0, 0.1) is 0 Å². The van der Waals surface area contributed by atoms with Crippen LogP contribution in [0.2, 0.25) is 0 Å². The van der Waals surface area contributed by atoms with Crippen LogP contribution in [-0.4, -0.2) is 23.5 Å². The van der Waals surface area contributed by atoms with Crippen molar-refractivity contribution in [2.24, 2.45) is 0 Å². The zero-order valence-electron chi connectivity index (χ0n) is 17.2. The van der Waals surface area contributed by atoms with E-state index in [4.69, 9.17) is 4.74 Å². The summed E-state index contributed by atoms with van der Waals surface area (Å²) in [5, 5.41) is 2.83. The van der Waals surface area contributed by atoms with Crippen LogP contribution >= 0.6 is 0 Å². The van der Waals surface area contributed by atoms with E-state index in [0.29, 0.717) is 41.3 Å². The highest BCUT2D eigenvalue weighted by Crippen LogP contribution is 2.34. The number of amides is 3. The summed E-state index contributed by atoms with van der Waals surface area (Å²) < 4.78 is 5.90. The molecule has 0 saturated carbocycles. The summed E-state index contributed by atoms with van der Waals surface area (Å²) in [6.45, 7) is 1.45. The van der Waals surface area contributed by atoms with Crippen LogP contribution in [0.5, 0.6) is 11.5 Å². The Morgan fingerprint density at radius 2 is 1.53 bits per heavy atom.